The van der Waals surface area contributed by atoms with E-state index < -0.39 is 23.4 Å². The Labute approximate surface area is 145 Å². The van der Waals surface area contributed by atoms with Crippen LogP contribution >= 0.6 is 11.4 Å². The minimum Gasteiger partial charge on any atom is -0.459 e. The zero-order valence-corrected chi connectivity index (χ0v) is 15.2. The summed E-state index contributed by atoms with van der Waals surface area (Å²) in [4.78, 5) is 37.3. The van der Waals surface area contributed by atoms with Crippen molar-refractivity contribution in [2.45, 2.75) is 33.3 Å². The Balaban J connectivity index is 2.26. The molecule has 0 radical (unpaired) electrons. The van der Waals surface area contributed by atoms with Crippen LogP contribution < -0.4 is 0 Å². The summed E-state index contributed by atoms with van der Waals surface area (Å²) < 4.78 is 5.30. The Morgan fingerprint density at radius 2 is 1.75 bits per heavy atom. The smallest absolute Gasteiger partial charge is 0.323 e. The van der Waals surface area contributed by atoms with Crippen LogP contribution in [-0.4, -0.2) is 51.2 Å². The molecule has 0 spiro atoms. The van der Waals surface area contributed by atoms with Crippen LogP contribution in [-0.2, 0) is 9.53 Å². The molecular weight excluding hydrogens is 328 g/mol. The molecule has 0 atom stereocenters. The second-order valence-electron chi connectivity index (χ2n) is 6.27. The van der Waals surface area contributed by atoms with Crippen LogP contribution in [0.3, 0.4) is 0 Å². The summed E-state index contributed by atoms with van der Waals surface area (Å²) in [7, 11) is 0. The molecule has 0 unspecified atom stereocenters. The molecule has 0 aliphatic carbocycles. The third kappa shape index (κ3) is 4.10. The lowest BCUT2D eigenvalue weighted by Gasteiger charge is -2.27. The van der Waals surface area contributed by atoms with Crippen LogP contribution in [0, 0.1) is 0 Å². The molecule has 130 valence electrons. The number of amides is 2. The van der Waals surface area contributed by atoms with E-state index >= 15 is 0 Å². The summed E-state index contributed by atoms with van der Waals surface area (Å²) in [6.07, 6.45) is 0. The van der Waals surface area contributed by atoms with E-state index in [4.69, 9.17) is 4.74 Å². The molecule has 0 aromatic heterocycles. The van der Waals surface area contributed by atoms with Gasteiger partial charge in [0.15, 0.2) is 0 Å². The van der Waals surface area contributed by atoms with Gasteiger partial charge >= 0.3 is 5.97 Å². The Kier molecular flexibility index (Phi) is 5.56. The standard InChI is InChI=1S/C17H22N2O4S/c1-5-24-11-18(10-14(20)23-17(2,3)4)19-15(21)12-8-6-7-9-13(12)16(19)22/h6-9,11,24H,5,10H2,1-4H3. The largest absolute Gasteiger partial charge is 0.459 e. The minimum absolute atomic E-state index is 0.199. The van der Waals surface area contributed by atoms with E-state index in [0.717, 1.165) is 22.1 Å². The number of fused-ring (bicyclic) bond motifs is 1. The molecule has 2 rings (SSSR count). The number of carbonyl (C=O) groups excluding carboxylic acids is 3. The summed E-state index contributed by atoms with van der Waals surface area (Å²) in [5.74, 6) is -0.557. The number of rotatable bonds is 5. The van der Waals surface area contributed by atoms with Crippen molar-refractivity contribution in [1.82, 2.24) is 10.0 Å². The van der Waals surface area contributed by atoms with Gasteiger partial charge in [-0.2, -0.15) is 21.4 Å². The van der Waals surface area contributed by atoms with Gasteiger partial charge in [-0.3, -0.25) is 14.4 Å². The molecule has 0 bridgehead atoms. The molecule has 0 fully saturated rings. The molecule has 6 nitrogen and oxygen atoms in total. The SMILES string of the molecule is CC[SH]=CN(CC(=O)OC(C)(C)C)N1C(=O)c2ccccc2C1=O. The molecule has 0 N–H and O–H groups in total. The summed E-state index contributed by atoms with van der Waals surface area (Å²) in [6, 6.07) is 6.64. The molecule has 1 aromatic carbocycles. The zero-order chi connectivity index (χ0) is 17.9. The molecule has 7 heteroatoms. The van der Waals surface area contributed by atoms with Gasteiger partial charge in [-0.15, -0.1) is 0 Å². The number of benzene rings is 1. The monoisotopic (exact) mass is 350 g/mol. The van der Waals surface area contributed by atoms with Gasteiger partial charge in [0, 0.05) is 5.49 Å². The van der Waals surface area contributed by atoms with Crippen LogP contribution in [0.4, 0.5) is 0 Å². The van der Waals surface area contributed by atoms with E-state index in [-0.39, 0.29) is 6.54 Å². The van der Waals surface area contributed by atoms with Crippen LogP contribution in [0.25, 0.3) is 0 Å². The van der Waals surface area contributed by atoms with Crippen molar-refractivity contribution < 1.29 is 19.1 Å². The lowest BCUT2D eigenvalue weighted by Crippen LogP contribution is -2.48. The lowest BCUT2D eigenvalue weighted by molar-refractivity contribution is -0.156. The normalized spacial score (nSPS) is 15.0. The number of thiol groups is 1. The molecule has 1 aromatic rings. The van der Waals surface area contributed by atoms with Crippen molar-refractivity contribution in [3.8, 4) is 0 Å². The average Bonchev–Trinajstić information content (AvgIpc) is 2.74. The first-order valence-electron chi connectivity index (χ1n) is 7.70. The van der Waals surface area contributed by atoms with E-state index in [2.05, 4.69) is 0 Å². The molecule has 1 aliphatic heterocycles. The summed E-state index contributed by atoms with van der Waals surface area (Å²) in [6.45, 7) is 7.07. The van der Waals surface area contributed by atoms with E-state index in [1.807, 2.05) is 6.92 Å². The Bertz CT molecular complexity index is 659. The highest BCUT2D eigenvalue weighted by atomic mass is 32.1. The van der Waals surface area contributed by atoms with Gasteiger partial charge in [-0.25, -0.2) is 0 Å². The van der Waals surface area contributed by atoms with Crippen molar-refractivity contribution in [3.63, 3.8) is 0 Å². The molecule has 0 saturated carbocycles. The first-order chi connectivity index (χ1) is 11.2. The van der Waals surface area contributed by atoms with Gasteiger partial charge in [0.2, 0.25) is 0 Å². The molecule has 24 heavy (non-hydrogen) atoms. The maximum Gasteiger partial charge on any atom is 0.323 e. The number of hydrogen-bond donors (Lipinski definition) is 1. The van der Waals surface area contributed by atoms with E-state index in [1.54, 1.807) is 50.5 Å². The molecule has 2 amide bonds. The summed E-state index contributed by atoms with van der Waals surface area (Å²) in [5.41, 5.74) is 1.72. The Morgan fingerprint density at radius 1 is 1.21 bits per heavy atom. The maximum atomic E-state index is 12.6. The Hall–Kier alpha value is -1.99. The molecule has 1 aliphatic rings. The molecular formula is C17H22N2O4S. The second kappa shape index (κ2) is 7.27. The number of hydrogen-bond acceptors (Lipinski definition) is 4. The molecule has 1 heterocycles. The Morgan fingerprint density at radius 3 is 2.21 bits per heavy atom. The lowest BCUT2D eigenvalue weighted by atomic mass is 10.1. The van der Waals surface area contributed by atoms with Crippen LogP contribution in [0.5, 0.6) is 0 Å². The first-order valence-corrected chi connectivity index (χ1v) is 8.85. The fourth-order valence-corrected chi connectivity index (χ4v) is 2.79. The van der Waals surface area contributed by atoms with Crippen molar-refractivity contribution >= 4 is 34.6 Å². The number of ether oxygens (including phenoxy) is 1. The van der Waals surface area contributed by atoms with E-state index in [9.17, 15) is 14.4 Å². The maximum absolute atomic E-state index is 12.6. The van der Waals surface area contributed by atoms with E-state index in [0.29, 0.717) is 11.1 Å². The number of carbonyl (C=O) groups is 3. The van der Waals surface area contributed by atoms with E-state index in [1.165, 1.54) is 5.01 Å². The predicted molar refractivity (Wildman–Crippen MR) is 95.1 cm³/mol. The summed E-state index contributed by atoms with van der Waals surface area (Å²) >= 11 is 0.888. The highest BCUT2D eigenvalue weighted by Crippen LogP contribution is 2.24. The van der Waals surface area contributed by atoms with Crippen LogP contribution in [0.15, 0.2) is 24.3 Å². The molecule has 0 saturated heterocycles. The topological polar surface area (TPSA) is 66.9 Å². The zero-order valence-electron chi connectivity index (χ0n) is 14.3. The van der Waals surface area contributed by atoms with Crippen molar-refractivity contribution in [2.75, 3.05) is 12.3 Å². The fourth-order valence-electron chi connectivity index (χ4n) is 2.25. The minimum atomic E-state index is -0.632. The van der Waals surface area contributed by atoms with Crippen molar-refractivity contribution in [1.29, 1.82) is 0 Å². The second-order valence-corrected chi connectivity index (χ2v) is 7.49. The quantitative estimate of drug-likeness (QED) is 0.381. The predicted octanol–water partition coefficient (Wildman–Crippen LogP) is 2.09. The van der Waals surface area contributed by atoms with Gasteiger partial charge in [0.05, 0.1) is 11.1 Å². The van der Waals surface area contributed by atoms with Crippen molar-refractivity contribution in [2.24, 2.45) is 0 Å². The number of esters is 1. The van der Waals surface area contributed by atoms with Gasteiger partial charge in [0.25, 0.3) is 11.8 Å². The number of nitrogens with zero attached hydrogens (tertiary/aromatic N) is 2. The first kappa shape index (κ1) is 18.4. The van der Waals surface area contributed by atoms with Crippen LogP contribution in [0.1, 0.15) is 48.4 Å². The van der Waals surface area contributed by atoms with Gasteiger partial charge in [-0.05, 0) is 38.7 Å². The van der Waals surface area contributed by atoms with Gasteiger partial charge < -0.3 is 4.74 Å². The van der Waals surface area contributed by atoms with Crippen LogP contribution in [0.2, 0.25) is 0 Å². The third-order valence-electron chi connectivity index (χ3n) is 3.14. The summed E-state index contributed by atoms with van der Waals surface area (Å²) in [5, 5.41) is 2.36. The fraction of sp³-hybridized carbons (Fsp3) is 0.412. The van der Waals surface area contributed by atoms with Gasteiger partial charge in [0.1, 0.15) is 12.1 Å². The van der Waals surface area contributed by atoms with Crippen molar-refractivity contribution in [3.05, 3.63) is 35.4 Å². The average molecular weight is 350 g/mol. The highest BCUT2D eigenvalue weighted by Gasteiger charge is 2.39. The number of imide groups is 1. The number of hydrazine groups is 1. The van der Waals surface area contributed by atoms with Gasteiger partial charge in [-0.1, -0.05) is 19.1 Å². The third-order valence-corrected chi connectivity index (χ3v) is 3.93. The highest BCUT2D eigenvalue weighted by molar-refractivity contribution is 7.97.